The number of fused-ring (bicyclic) bond motifs is 5. The van der Waals surface area contributed by atoms with Crippen LogP contribution in [0.25, 0.3) is 43.1 Å². The van der Waals surface area contributed by atoms with Gasteiger partial charge in [0, 0.05) is 64.0 Å². The minimum Gasteiger partial charge on any atom is -0.482 e. The summed E-state index contributed by atoms with van der Waals surface area (Å²) in [7, 11) is -0.313. The molecule has 4 nitrogen and oxygen atoms in total. The van der Waals surface area contributed by atoms with Gasteiger partial charge in [0.25, 0.3) is 0 Å². The number of hydrogen-bond acceptors (Lipinski definition) is 7. The van der Waals surface area contributed by atoms with Gasteiger partial charge in [0.1, 0.15) is 33.8 Å². The standard InChI is InChI=1S/C64H92Br2F2N2O2S5/c1-39(2)17-13-21-43(9)25-29-63(30-26-44(10)22-14-18-40(3)4)49-33-53(73-61(49)47-35-76(65)37-51(47)71-63)55-57(67)58(68)56(60-59(55)69-75-70-60)54-34-50-62(74-54)48-36-77(66)38-52(48)72-64(50,31-27-45(11)23-15-19-41(5)6)32-28-46(12)24-16-20-42(7)8/h33-34,37-46H,13-32,35-36H2,1-12H3. The van der Waals surface area contributed by atoms with Crippen LogP contribution in [0.4, 0.5) is 8.78 Å². The van der Waals surface area contributed by atoms with E-state index in [1.807, 2.05) is 0 Å². The van der Waals surface area contributed by atoms with Crippen LogP contribution in [0.1, 0.15) is 232 Å². The minimum atomic E-state index is -0.842. The highest BCUT2D eigenvalue weighted by atomic mass is 79.9. The lowest BCUT2D eigenvalue weighted by molar-refractivity contribution is -0.0199. The molecule has 0 radical (unpaired) electrons. The van der Waals surface area contributed by atoms with Gasteiger partial charge in [-0.3, -0.25) is 0 Å². The zero-order valence-corrected chi connectivity index (χ0v) is 56.0. The Balaban J connectivity index is 1.19. The molecule has 0 aliphatic carbocycles. The lowest BCUT2D eigenvalue weighted by Gasteiger charge is -2.40. The molecule has 7 heterocycles. The second-order valence-corrected chi connectivity index (χ2v) is 36.2. The molecule has 6 atom stereocenters. The Labute approximate surface area is 496 Å². The number of nitrogens with zero attached hydrogens (tertiary/aromatic N) is 2. The Morgan fingerprint density at radius 1 is 0.494 bits per heavy atom. The van der Waals surface area contributed by atoms with E-state index in [2.05, 4.69) is 136 Å². The van der Waals surface area contributed by atoms with Crippen molar-refractivity contribution in [2.24, 2.45) is 47.3 Å². The molecule has 0 bridgehead atoms. The molecule has 0 N–H and O–H groups in total. The maximum atomic E-state index is 17.9. The number of thiophene rings is 2. The van der Waals surface area contributed by atoms with Crippen molar-refractivity contribution in [3.8, 4) is 20.9 Å². The molecule has 428 valence electrons. The van der Waals surface area contributed by atoms with Crippen LogP contribution in [0.2, 0.25) is 0 Å². The molecule has 0 spiro atoms. The Morgan fingerprint density at radius 2 is 0.805 bits per heavy atom. The van der Waals surface area contributed by atoms with E-state index in [0.29, 0.717) is 68.1 Å². The molecule has 4 aliphatic heterocycles. The zero-order valence-electron chi connectivity index (χ0n) is 48.7. The first kappa shape index (κ1) is 61.8. The van der Waals surface area contributed by atoms with Crippen LogP contribution in [-0.4, -0.2) is 31.0 Å². The topological polar surface area (TPSA) is 44.2 Å². The number of ether oxygens (including phenoxy) is 2. The van der Waals surface area contributed by atoms with Gasteiger partial charge in [-0.15, -0.1) is 40.5 Å². The van der Waals surface area contributed by atoms with Gasteiger partial charge in [0.05, 0.1) is 22.9 Å². The molecule has 0 saturated heterocycles. The molecule has 6 unspecified atom stereocenters. The average molecular weight is 1280 g/mol. The summed E-state index contributed by atoms with van der Waals surface area (Å²) in [5, 5.41) is 4.54. The fourth-order valence-corrected chi connectivity index (χ4v) is 20.4. The monoisotopic (exact) mass is 1280 g/mol. The Morgan fingerprint density at radius 3 is 1.10 bits per heavy atom. The molecule has 8 rings (SSSR count). The highest BCUT2D eigenvalue weighted by molar-refractivity contribution is 9.53. The highest BCUT2D eigenvalue weighted by Gasteiger charge is 2.47. The van der Waals surface area contributed by atoms with Gasteiger partial charge >= 0.3 is 0 Å². The predicted molar refractivity (Wildman–Crippen MR) is 347 cm³/mol. The van der Waals surface area contributed by atoms with E-state index in [0.717, 1.165) is 97.2 Å². The third kappa shape index (κ3) is 14.9. The average Bonchev–Trinajstić information content (AvgIpc) is 4.25. The van der Waals surface area contributed by atoms with Crippen LogP contribution in [-0.2, 0) is 20.7 Å². The number of benzene rings is 1. The first-order valence-electron chi connectivity index (χ1n) is 29.9. The maximum Gasteiger partial charge on any atom is 0.170 e. The molecule has 13 heteroatoms. The van der Waals surface area contributed by atoms with Crippen LogP contribution in [0.5, 0.6) is 0 Å². The van der Waals surface area contributed by atoms with Crippen molar-refractivity contribution in [1.82, 2.24) is 8.75 Å². The van der Waals surface area contributed by atoms with Crippen LogP contribution in [0.15, 0.2) is 23.7 Å². The first-order valence-corrected chi connectivity index (χ1v) is 38.8. The normalized spacial score (nSPS) is 22.6. The largest absolute Gasteiger partial charge is 0.482 e. The molecule has 3 aromatic heterocycles. The highest BCUT2D eigenvalue weighted by Crippen LogP contribution is 2.59. The zero-order chi connectivity index (χ0) is 55.3. The first-order chi connectivity index (χ1) is 36.7. The summed E-state index contributed by atoms with van der Waals surface area (Å²) in [6.45, 7) is 28.2. The van der Waals surface area contributed by atoms with Crippen molar-refractivity contribution in [2.75, 3.05) is 11.5 Å². The molecule has 1 aromatic carbocycles. The van der Waals surface area contributed by atoms with Crippen molar-refractivity contribution >= 4 is 115 Å². The Bertz CT molecular complexity index is 2570. The summed E-state index contributed by atoms with van der Waals surface area (Å²) in [6, 6.07) is 4.37. The molecular formula is C64H92Br2F2N2O2S5. The van der Waals surface area contributed by atoms with Gasteiger partial charge in [-0.1, -0.05) is 160 Å². The lowest BCUT2D eigenvalue weighted by Crippen LogP contribution is -2.34. The van der Waals surface area contributed by atoms with Crippen molar-refractivity contribution in [3.05, 3.63) is 56.2 Å². The molecule has 4 aromatic rings. The SMILES string of the molecule is CC(C)CCCC(C)CCC1(CCC(C)CCCC(C)C)OC2=C(CS(Br)=C2)c2sc(-c3c(F)c(F)c(-c4cc5c(s4)C4=C(C=S(Br)C4)OC5(CCC(C)CCCC(C)C)CCC(C)CCCC(C)C)c4nsnc34)cc21. The second-order valence-electron chi connectivity index (χ2n) is 26.1. The van der Waals surface area contributed by atoms with E-state index in [1.165, 1.54) is 98.0 Å². The summed E-state index contributed by atoms with van der Waals surface area (Å²) in [6.07, 6.45) is 22.4. The van der Waals surface area contributed by atoms with E-state index >= 15 is 8.78 Å². The van der Waals surface area contributed by atoms with E-state index in [-0.39, 0.29) is 29.0 Å². The quantitative estimate of drug-likeness (QED) is 0.0488. The molecule has 0 fully saturated rings. The van der Waals surface area contributed by atoms with Crippen molar-refractivity contribution in [2.45, 2.75) is 223 Å². The third-order valence-corrected chi connectivity index (χ3v) is 24.9. The summed E-state index contributed by atoms with van der Waals surface area (Å²) < 4.78 is 60.4. The summed E-state index contributed by atoms with van der Waals surface area (Å²) in [4.78, 5) is 3.75. The van der Waals surface area contributed by atoms with E-state index in [1.54, 1.807) is 22.7 Å². The number of allylic oxidation sites excluding steroid dienone is 2. The Hall–Kier alpha value is -1.22. The van der Waals surface area contributed by atoms with Crippen LogP contribution in [0, 0.1) is 59.0 Å². The fourth-order valence-electron chi connectivity index (χ4n) is 12.5. The number of halogens is 4. The van der Waals surface area contributed by atoms with E-state index < -0.39 is 22.8 Å². The number of hydrogen-bond donors (Lipinski definition) is 0. The summed E-state index contributed by atoms with van der Waals surface area (Å²) >= 11 is 12.2. The van der Waals surface area contributed by atoms with Crippen LogP contribution >= 0.6 is 81.9 Å². The van der Waals surface area contributed by atoms with Crippen molar-refractivity contribution in [1.29, 1.82) is 0 Å². The number of rotatable bonds is 30. The van der Waals surface area contributed by atoms with Gasteiger partial charge in [0.2, 0.25) is 0 Å². The smallest absolute Gasteiger partial charge is 0.170 e. The maximum absolute atomic E-state index is 17.9. The van der Waals surface area contributed by atoms with Crippen LogP contribution < -0.4 is 0 Å². The minimum absolute atomic E-state index is 0.156. The number of aromatic nitrogens is 2. The molecule has 77 heavy (non-hydrogen) atoms. The van der Waals surface area contributed by atoms with Gasteiger partial charge < -0.3 is 9.47 Å². The summed E-state index contributed by atoms with van der Waals surface area (Å²) in [5.41, 5.74) is 4.84. The van der Waals surface area contributed by atoms with Gasteiger partial charge in [0.15, 0.2) is 11.6 Å². The van der Waals surface area contributed by atoms with Crippen molar-refractivity contribution < 1.29 is 18.3 Å². The molecule has 4 aliphatic rings. The van der Waals surface area contributed by atoms with Gasteiger partial charge in [-0.25, -0.2) is 8.78 Å². The van der Waals surface area contributed by atoms with E-state index in [9.17, 15) is 0 Å². The lowest BCUT2D eigenvalue weighted by atomic mass is 9.77. The second kappa shape index (κ2) is 27.4. The van der Waals surface area contributed by atoms with E-state index in [4.69, 9.17) is 18.2 Å². The van der Waals surface area contributed by atoms with Gasteiger partial charge in [-0.05, 0) is 140 Å². The van der Waals surface area contributed by atoms with Crippen LogP contribution in [0.3, 0.4) is 0 Å². The molecular weight excluding hydrogens is 1190 g/mol. The predicted octanol–water partition coefficient (Wildman–Crippen LogP) is 23.1. The molecule has 0 amide bonds. The fraction of sp³-hybridized carbons (Fsp3) is 0.688. The van der Waals surface area contributed by atoms with Crippen molar-refractivity contribution in [3.63, 3.8) is 0 Å². The summed E-state index contributed by atoms with van der Waals surface area (Å²) in [5.74, 6) is 6.91. The molecule has 0 saturated carbocycles. The van der Waals surface area contributed by atoms with Gasteiger partial charge in [-0.2, -0.15) is 8.75 Å². The Kier molecular flexibility index (Phi) is 22.0. The third-order valence-electron chi connectivity index (χ3n) is 17.4.